The summed E-state index contributed by atoms with van der Waals surface area (Å²) in [5.41, 5.74) is 1.64. The Labute approximate surface area is 101 Å². The summed E-state index contributed by atoms with van der Waals surface area (Å²) in [4.78, 5) is 12.2. The van der Waals surface area contributed by atoms with Gasteiger partial charge in [0, 0.05) is 12.1 Å². The molecule has 0 spiro atoms. The molecule has 17 heavy (non-hydrogen) atoms. The van der Waals surface area contributed by atoms with Crippen LogP contribution in [-0.4, -0.2) is 32.0 Å². The van der Waals surface area contributed by atoms with Crippen LogP contribution in [0, 0.1) is 0 Å². The highest BCUT2D eigenvalue weighted by Gasteiger charge is 2.18. The molecule has 0 aliphatic carbocycles. The van der Waals surface area contributed by atoms with E-state index in [1.165, 1.54) is 0 Å². The van der Waals surface area contributed by atoms with Crippen molar-refractivity contribution in [1.29, 1.82) is 0 Å². The number of fused-ring (bicyclic) bond motifs is 1. The number of anilines is 1. The first kappa shape index (κ1) is 11.9. The van der Waals surface area contributed by atoms with Crippen molar-refractivity contribution in [3.05, 3.63) is 23.8 Å². The molecule has 0 aromatic heterocycles. The quantitative estimate of drug-likeness (QED) is 0.778. The van der Waals surface area contributed by atoms with E-state index in [4.69, 9.17) is 4.74 Å². The van der Waals surface area contributed by atoms with Gasteiger partial charge in [-0.1, -0.05) is 6.92 Å². The number of hydrogen-bond donors (Lipinski definition) is 2. The normalized spacial score (nSPS) is 15.4. The van der Waals surface area contributed by atoms with Crippen LogP contribution in [0.4, 0.5) is 5.69 Å². The molecular weight excluding hydrogens is 216 g/mol. The molecule has 2 rings (SSSR count). The Balaban J connectivity index is 2.24. The summed E-state index contributed by atoms with van der Waals surface area (Å²) in [7, 11) is 1.81. The Bertz CT molecular complexity index is 414. The largest absolute Gasteiger partial charge is 0.490 e. The van der Waals surface area contributed by atoms with Crippen molar-refractivity contribution < 1.29 is 9.53 Å². The fourth-order valence-corrected chi connectivity index (χ4v) is 2.02. The molecule has 2 N–H and O–H groups in total. The lowest BCUT2D eigenvalue weighted by atomic mass is 10.0. The zero-order chi connectivity index (χ0) is 12.3. The predicted octanol–water partition coefficient (Wildman–Crippen LogP) is 1.67. The minimum Gasteiger partial charge on any atom is -0.490 e. The minimum absolute atomic E-state index is 0.113. The third kappa shape index (κ3) is 2.42. The predicted molar refractivity (Wildman–Crippen MR) is 67.9 cm³/mol. The van der Waals surface area contributed by atoms with Gasteiger partial charge in [0.15, 0.2) is 5.78 Å². The second kappa shape index (κ2) is 5.19. The van der Waals surface area contributed by atoms with Crippen LogP contribution in [0.1, 0.15) is 23.7 Å². The molecule has 1 aliphatic heterocycles. The van der Waals surface area contributed by atoms with E-state index >= 15 is 0 Å². The first-order chi connectivity index (χ1) is 8.26. The van der Waals surface area contributed by atoms with E-state index in [-0.39, 0.29) is 11.8 Å². The van der Waals surface area contributed by atoms with Gasteiger partial charge in [0.25, 0.3) is 0 Å². The third-order valence-electron chi connectivity index (χ3n) is 3.01. The molecule has 1 aromatic rings. The van der Waals surface area contributed by atoms with Crippen molar-refractivity contribution in [3.63, 3.8) is 0 Å². The fourth-order valence-electron chi connectivity index (χ4n) is 2.02. The van der Waals surface area contributed by atoms with E-state index in [1.807, 2.05) is 32.2 Å². The fraction of sp³-hybridized carbons (Fsp3) is 0.462. The molecule has 0 fully saturated rings. The van der Waals surface area contributed by atoms with Crippen LogP contribution in [0.2, 0.25) is 0 Å². The summed E-state index contributed by atoms with van der Waals surface area (Å²) in [6, 6.07) is 5.44. The van der Waals surface area contributed by atoms with Crippen LogP contribution >= 0.6 is 0 Å². The highest BCUT2D eigenvalue weighted by atomic mass is 16.5. The average molecular weight is 234 g/mol. The number of Topliss-reactive ketones (excluding diaryl/α,β-unsaturated/α-hetero) is 1. The number of ether oxygens (including phenoxy) is 1. The second-order valence-electron chi connectivity index (χ2n) is 4.10. The molecule has 1 atom stereocenters. The molecule has 0 amide bonds. The average Bonchev–Trinajstić information content (AvgIpc) is 2.39. The highest BCUT2D eigenvalue weighted by Crippen LogP contribution is 2.28. The van der Waals surface area contributed by atoms with Crippen LogP contribution in [0.3, 0.4) is 0 Å². The van der Waals surface area contributed by atoms with Crippen molar-refractivity contribution >= 4 is 11.5 Å². The van der Waals surface area contributed by atoms with Crippen LogP contribution < -0.4 is 15.4 Å². The van der Waals surface area contributed by atoms with E-state index in [1.54, 1.807) is 0 Å². The van der Waals surface area contributed by atoms with Crippen LogP contribution in [-0.2, 0) is 0 Å². The van der Waals surface area contributed by atoms with Gasteiger partial charge in [-0.05, 0) is 31.7 Å². The van der Waals surface area contributed by atoms with Gasteiger partial charge in [0.1, 0.15) is 12.4 Å². The van der Waals surface area contributed by atoms with Gasteiger partial charge in [0.2, 0.25) is 0 Å². The number of benzene rings is 1. The van der Waals surface area contributed by atoms with Crippen molar-refractivity contribution in [1.82, 2.24) is 5.32 Å². The zero-order valence-electron chi connectivity index (χ0n) is 10.2. The Hall–Kier alpha value is -1.55. The monoisotopic (exact) mass is 234 g/mol. The van der Waals surface area contributed by atoms with Crippen LogP contribution in [0.5, 0.6) is 5.75 Å². The molecule has 0 bridgehead atoms. The smallest absolute Gasteiger partial charge is 0.179 e. The molecule has 0 radical (unpaired) electrons. The standard InChI is InChI=1S/C13H18N2O2/c1-3-10(14-2)13(16)9-4-5-12-11(8-9)15-6-7-17-12/h4-5,8,10,14-15H,3,6-7H2,1-2H3. The summed E-state index contributed by atoms with van der Waals surface area (Å²) in [6.07, 6.45) is 0.788. The number of nitrogens with one attached hydrogen (secondary N) is 2. The van der Waals surface area contributed by atoms with Crippen molar-refractivity contribution in [2.24, 2.45) is 0 Å². The van der Waals surface area contributed by atoms with Crippen molar-refractivity contribution in [3.8, 4) is 5.75 Å². The Morgan fingerprint density at radius 2 is 2.41 bits per heavy atom. The summed E-state index contributed by atoms with van der Waals surface area (Å²) in [6.45, 7) is 3.46. The van der Waals surface area contributed by atoms with Gasteiger partial charge in [-0.3, -0.25) is 4.79 Å². The lowest BCUT2D eigenvalue weighted by Gasteiger charge is -2.20. The van der Waals surface area contributed by atoms with Gasteiger partial charge >= 0.3 is 0 Å². The lowest BCUT2D eigenvalue weighted by Crippen LogP contribution is -2.33. The summed E-state index contributed by atoms with van der Waals surface area (Å²) < 4.78 is 5.48. The number of rotatable bonds is 4. The molecule has 4 heteroatoms. The minimum atomic E-state index is -0.113. The maximum atomic E-state index is 12.2. The van der Waals surface area contributed by atoms with Crippen LogP contribution in [0.15, 0.2) is 18.2 Å². The second-order valence-corrected chi connectivity index (χ2v) is 4.10. The Kier molecular flexibility index (Phi) is 3.64. The molecule has 4 nitrogen and oxygen atoms in total. The molecule has 1 heterocycles. The van der Waals surface area contributed by atoms with E-state index in [0.29, 0.717) is 6.61 Å². The number of carbonyl (C=O) groups excluding carboxylic acids is 1. The third-order valence-corrected chi connectivity index (χ3v) is 3.01. The van der Waals surface area contributed by atoms with Gasteiger partial charge in [-0.2, -0.15) is 0 Å². The van der Waals surface area contributed by atoms with E-state index in [9.17, 15) is 4.79 Å². The SMILES string of the molecule is CCC(NC)C(=O)c1ccc2c(c1)NCCO2. The summed E-state index contributed by atoms with van der Waals surface area (Å²) >= 11 is 0. The number of ketones is 1. The van der Waals surface area contributed by atoms with Gasteiger partial charge in [0.05, 0.1) is 11.7 Å². The molecule has 92 valence electrons. The number of likely N-dealkylation sites (N-methyl/N-ethyl adjacent to an activating group) is 1. The van der Waals surface area contributed by atoms with Gasteiger partial charge in [-0.15, -0.1) is 0 Å². The molecular formula is C13H18N2O2. The van der Waals surface area contributed by atoms with Crippen molar-refractivity contribution in [2.45, 2.75) is 19.4 Å². The molecule has 1 unspecified atom stereocenters. The van der Waals surface area contributed by atoms with E-state index < -0.39 is 0 Å². The van der Waals surface area contributed by atoms with E-state index in [2.05, 4.69) is 10.6 Å². The summed E-state index contributed by atoms with van der Waals surface area (Å²) in [5, 5.41) is 6.26. The van der Waals surface area contributed by atoms with Gasteiger partial charge < -0.3 is 15.4 Å². The molecule has 0 saturated carbocycles. The topological polar surface area (TPSA) is 50.4 Å². The number of hydrogen-bond acceptors (Lipinski definition) is 4. The molecule has 0 saturated heterocycles. The Morgan fingerprint density at radius 1 is 1.59 bits per heavy atom. The summed E-state index contributed by atoms with van der Waals surface area (Å²) in [5.74, 6) is 0.954. The van der Waals surface area contributed by atoms with Crippen LogP contribution in [0.25, 0.3) is 0 Å². The molecule has 1 aromatic carbocycles. The number of carbonyl (C=O) groups is 1. The Morgan fingerprint density at radius 3 is 3.12 bits per heavy atom. The van der Waals surface area contributed by atoms with Gasteiger partial charge in [-0.25, -0.2) is 0 Å². The van der Waals surface area contributed by atoms with Crippen molar-refractivity contribution in [2.75, 3.05) is 25.5 Å². The maximum Gasteiger partial charge on any atom is 0.179 e. The first-order valence-corrected chi connectivity index (χ1v) is 5.98. The zero-order valence-corrected chi connectivity index (χ0v) is 10.2. The first-order valence-electron chi connectivity index (χ1n) is 5.98. The molecule has 1 aliphatic rings. The lowest BCUT2D eigenvalue weighted by molar-refractivity contribution is 0.0945. The maximum absolute atomic E-state index is 12.2. The highest BCUT2D eigenvalue weighted by molar-refractivity contribution is 6.01. The van der Waals surface area contributed by atoms with E-state index in [0.717, 1.165) is 30.0 Å².